The molecule has 21 heavy (non-hydrogen) atoms. The number of carbonyl (C=O) groups excluding carboxylic acids is 1. The molecule has 0 heterocycles. The van der Waals surface area contributed by atoms with Crippen LogP contribution in [0.25, 0.3) is 0 Å². The molecule has 4 heteroatoms. The second-order valence-corrected chi connectivity index (χ2v) is 6.07. The highest BCUT2D eigenvalue weighted by molar-refractivity contribution is 5.73. The Kier molecular flexibility index (Phi) is 7.06. The zero-order chi connectivity index (χ0) is 15.8. The Morgan fingerprint density at radius 3 is 2.24 bits per heavy atom. The van der Waals surface area contributed by atoms with Gasteiger partial charge in [-0.2, -0.15) is 0 Å². The van der Waals surface area contributed by atoms with Crippen LogP contribution in [0.15, 0.2) is 24.3 Å². The lowest BCUT2D eigenvalue weighted by Crippen LogP contribution is -2.43. The van der Waals surface area contributed by atoms with Gasteiger partial charge in [0, 0.05) is 6.54 Å². The Morgan fingerprint density at radius 1 is 1.10 bits per heavy atom. The standard InChI is InChI=1S/C17H28N2O2/c1-12(2)10-11-18-17(20)19-14(5)21-16-8-6-15(7-9-16)13(3)4/h6-9,12-14H,10-11H2,1-5H3,(H2,18,19,20). The largest absolute Gasteiger partial charge is 0.471 e. The van der Waals surface area contributed by atoms with Crippen LogP contribution in [-0.2, 0) is 0 Å². The Morgan fingerprint density at radius 2 is 1.71 bits per heavy atom. The lowest BCUT2D eigenvalue weighted by molar-refractivity contribution is 0.177. The van der Waals surface area contributed by atoms with Crippen LogP contribution in [0.1, 0.15) is 52.5 Å². The Labute approximate surface area is 128 Å². The van der Waals surface area contributed by atoms with Gasteiger partial charge in [-0.1, -0.05) is 39.8 Å². The highest BCUT2D eigenvalue weighted by Crippen LogP contribution is 2.19. The summed E-state index contributed by atoms with van der Waals surface area (Å²) in [7, 11) is 0. The normalized spacial score (nSPS) is 12.3. The first-order chi connectivity index (χ1) is 9.88. The summed E-state index contributed by atoms with van der Waals surface area (Å²) >= 11 is 0. The Hall–Kier alpha value is -1.71. The third-order valence-electron chi connectivity index (χ3n) is 3.20. The van der Waals surface area contributed by atoms with Crippen LogP contribution in [0.2, 0.25) is 0 Å². The fourth-order valence-electron chi connectivity index (χ4n) is 1.87. The van der Waals surface area contributed by atoms with E-state index < -0.39 is 0 Å². The monoisotopic (exact) mass is 292 g/mol. The summed E-state index contributed by atoms with van der Waals surface area (Å²) in [6.07, 6.45) is 0.605. The molecule has 118 valence electrons. The number of ether oxygens (including phenoxy) is 1. The minimum Gasteiger partial charge on any atom is -0.471 e. The molecule has 1 aromatic rings. The number of hydrogen-bond donors (Lipinski definition) is 2. The van der Waals surface area contributed by atoms with E-state index in [0.29, 0.717) is 18.4 Å². The molecular formula is C17H28N2O2. The maximum atomic E-state index is 11.7. The summed E-state index contributed by atoms with van der Waals surface area (Å²) in [6.45, 7) is 11.1. The number of hydrogen-bond acceptors (Lipinski definition) is 2. The molecule has 0 aliphatic rings. The zero-order valence-corrected chi connectivity index (χ0v) is 13.8. The van der Waals surface area contributed by atoms with E-state index in [0.717, 1.165) is 12.2 Å². The molecule has 0 saturated carbocycles. The van der Waals surface area contributed by atoms with Crippen molar-refractivity contribution in [3.05, 3.63) is 29.8 Å². The molecule has 1 rings (SSSR count). The molecule has 0 aromatic heterocycles. The van der Waals surface area contributed by atoms with Crippen LogP contribution in [0.5, 0.6) is 5.75 Å². The van der Waals surface area contributed by atoms with Crippen molar-refractivity contribution >= 4 is 6.03 Å². The van der Waals surface area contributed by atoms with Crippen molar-refractivity contribution in [2.45, 2.75) is 53.2 Å². The molecule has 0 saturated heterocycles. The van der Waals surface area contributed by atoms with Crippen molar-refractivity contribution < 1.29 is 9.53 Å². The third kappa shape index (κ3) is 7.02. The number of rotatable bonds is 7. The van der Waals surface area contributed by atoms with Gasteiger partial charge in [0.05, 0.1) is 0 Å². The SMILES string of the molecule is CC(C)CCNC(=O)NC(C)Oc1ccc(C(C)C)cc1. The predicted octanol–water partition coefficient (Wildman–Crippen LogP) is 3.88. The summed E-state index contributed by atoms with van der Waals surface area (Å²) in [4.78, 5) is 11.7. The molecule has 4 nitrogen and oxygen atoms in total. The molecular weight excluding hydrogens is 264 g/mol. The first-order valence-corrected chi connectivity index (χ1v) is 7.69. The second-order valence-electron chi connectivity index (χ2n) is 6.07. The first-order valence-electron chi connectivity index (χ1n) is 7.69. The summed E-state index contributed by atoms with van der Waals surface area (Å²) in [6, 6.07) is 7.78. The van der Waals surface area contributed by atoms with Gasteiger partial charge in [0.2, 0.25) is 0 Å². The number of nitrogens with one attached hydrogen (secondary N) is 2. The molecule has 1 unspecified atom stereocenters. The molecule has 2 N–H and O–H groups in total. The number of amides is 2. The minimum absolute atomic E-state index is 0.193. The van der Waals surface area contributed by atoms with E-state index in [1.807, 2.05) is 19.1 Å². The maximum absolute atomic E-state index is 11.7. The molecule has 0 spiro atoms. The highest BCUT2D eigenvalue weighted by atomic mass is 16.5. The molecule has 1 atom stereocenters. The van der Waals surface area contributed by atoms with Crippen molar-refractivity contribution in [3.63, 3.8) is 0 Å². The molecule has 0 aliphatic carbocycles. The molecule has 0 radical (unpaired) electrons. The van der Waals surface area contributed by atoms with Gasteiger partial charge < -0.3 is 15.4 Å². The summed E-state index contributed by atoms with van der Waals surface area (Å²) < 4.78 is 5.68. The van der Waals surface area contributed by atoms with Crippen LogP contribution in [-0.4, -0.2) is 18.8 Å². The summed E-state index contributed by atoms with van der Waals surface area (Å²) in [5.74, 6) is 1.84. The quantitative estimate of drug-likeness (QED) is 0.749. The lowest BCUT2D eigenvalue weighted by Gasteiger charge is -2.17. The van der Waals surface area contributed by atoms with Crippen molar-refractivity contribution in [3.8, 4) is 5.75 Å². The average Bonchev–Trinajstić information content (AvgIpc) is 2.38. The van der Waals surface area contributed by atoms with E-state index in [2.05, 4.69) is 50.5 Å². The first kappa shape index (κ1) is 17.3. The van der Waals surface area contributed by atoms with E-state index in [9.17, 15) is 4.79 Å². The summed E-state index contributed by atoms with van der Waals surface area (Å²) in [5, 5.41) is 5.59. The molecule has 1 aromatic carbocycles. The van der Waals surface area contributed by atoms with Gasteiger partial charge in [-0.05, 0) is 42.9 Å². The van der Waals surface area contributed by atoms with Crippen LogP contribution in [0.3, 0.4) is 0 Å². The highest BCUT2D eigenvalue weighted by Gasteiger charge is 2.08. The molecule has 2 amide bonds. The molecule has 0 aliphatic heterocycles. The predicted molar refractivity (Wildman–Crippen MR) is 86.6 cm³/mol. The Balaban J connectivity index is 2.35. The van der Waals surface area contributed by atoms with Gasteiger partial charge in [-0.3, -0.25) is 0 Å². The van der Waals surface area contributed by atoms with E-state index in [-0.39, 0.29) is 12.3 Å². The van der Waals surface area contributed by atoms with E-state index in [1.54, 1.807) is 0 Å². The van der Waals surface area contributed by atoms with Gasteiger partial charge in [0.25, 0.3) is 0 Å². The van der Waals surface area contributed by atoms with Crippen molar-refractivity contribution in [1.82, 2.24) is 10.6 Å². The van der Waals surface area contributed by atoms with Crippen molar-refractivity contribution in [2.75, 3.05) is 6.54 Å². The fraction of sp³-hybridized carbons (Fsp3) is 0.588. The molecule has 0 fully saturated rings. The van der Waals surface area contributed by atoms with Gasteiger partial charge in [0.15, 0.2) is 6.23 Å². The van der Waals surface area contributed by atoms with Crippen LogP contribution in [0, 0.1) is 5.92 Å². The topological polar surface area (TPSA) is 50.4 Å². The zero-order valence-electron chi connectivity index (χ0n) is 13.8. The summed E-state index contributed by atoms with van der Waals surface area (Å²) in [5.41, 5.74) is 1.27. The van der Waals surface area contributed by atoms with E-state index in [1.165, 1.54) is 5.56 Å². The van der Waals surface area contributed by atoms with Gasteiger partial charge in [-0.15, -0.1) is 0 Å². The van der Waals surface area contributed by atoms with Crippen molar-refractivity contribution in [1.29, 1.82) is 0 Å². The van der Waals surface area contributed by atoms with Crippen LogP contribution < -0.4 is 15.4 Å². The van der Waals surface area contributed by atoms with Gasteiger partial charge in [-0.25, -0.2) is 4.79 Å². The average molecular weight is 292 g/mol. The number of benzene rings is 1. The van der Waals surface area contributed by atoms with E-state index in [4.69, 9.17) is 4.74 Å². The maximum Gasteiger partial charge on any atom is 0.317 e. The third-order valence-corrected chi connectivity index (χ3v) is 3.20. The minimum atomic E-state index is -0.367. The fourth-order valence-corrected chi connectivity index (χ4v) is 1.87. The molecule has 0 bridgehead atoms. The van der Waals surface area contributed by atoms with Gasteiger partial charge in [0.1, 0.15) is 5.75 Å². The Bertz CT molecular complexity index is 427. The van der Waals surface area contributed by atoms with Crippen LogP contribution in [0.4, 0.5) is 4.79 Å². The van der Waals surface area contributed by atoms with E-state index >= 15 is 0 Å². The lowest BCUT2D eigenvalue weighted by atomic mass is 10.0. The van der Waals surface area contributed by atoms with Crippen molar-refractivity contribution in [2.24, 2.45) is 5.92 Å². The smallest absolute Gasteiger partial charge is 0.317 e. The second kappa shape index (κ2) is 8.55. The van der Waals surface area contributed by atoms with Gasteiger partial charge >= 0.3 is 6.03 Å². The number of urea groups is 1. The number of carbonyl (C=O) groups is 1. The van der Waals surface area contributed by atoms with Crippen LogP contribution >= 0.6 is 0 Å².